The minimum Gasteiger partial charge on any atom is -0.494 e. The van der Waals surface area contributed by atoms with Gasteiger partial charge in [-0.1, -0.05) is 0 Å². The highest BCUT2D eigenvalue weighted by atomic mass is 32.2. The molecular formula is C12H18FNO4S. The number of methoxy groups -OCH3 is 1. The van der Waals surface area contributed by atoms with Gasteiger partial charge in [-0.15, -0.1) is 0 Å². The molecule has 0 spiro atoms. The summed E-state index contributed by atoms with van der Waals surface area (Å²) in [5.74, 6) is 0.168. The van der Waals surface area contributed by atoms with Crippen molar-refractivity contribution in [3.8, 4) is 5.75 Å². The summed E-state index contributed by atoms with van der Waals surface area (Å²) in [7, 11) is -1.78. The first-order valence-corrected chi connectivity index (χ1v) is 7.53. The van der Waals surface area contributed by atoms with Gasteiger partial charge in [0.05, 0.1) is 19.0 Å². The number of nitrogens with one attached hydrogen (secondary N) is 1. The Morgan fingerprint density at radius 1 is 1.21 bits per heavy atom. The lowest BCUT2D eigenvalue weighted by molar-refractivity contribution is 0.204. The van der Waals surface area contributed by atoms with Gasteiger partial charge in [-0.25, -0.2) is 17.5 Å². The topological polar surface area (TPSA) is 64.6 Å². The van der Waals surface area contributed by atoms with Crippen LogP contribution in [0.2, 0.25) is 0 Å². The summed E-state index contributed by atoms with van der Waals surface area (Å²) < 4.78 is 48.1. The van der Waals surface area contributed by atoms with Crippen LogP contribution in [0.25, 0.3) is 0 Å². The molecule has 0 amide bonds. The molecule has 0 heterocycles. The Kier molecular flexibility index (Phi) is 6.75. The molecule has 108 valence electrons. The van der Waals surface area contributed by atoms with Crippen LogP contribution in [0.4, 0.5) is 4.39 Å². The molecule has 0 aromatic heterocycles. The van der Waals surface area contributed by atoms with E-state index in [0.717, 1.165) is 0 Å². The summed E-state index contributed by atoms with van der Waals surface area (Å²) in [5.41, 5.74) is 0. The second kappa shape index (κ2) is 8.08. The van der Waals surface area contributed by atoms with E-state index in [0.29, 0.717) is 18.8 Å². The standard InChI is InChI=1S/C12H18FNO4S/c1-17-9-7-14-19(15,16)10-2-8-18-12-5-3-11(13)4-6-12/h3-6,14H,2,7-10H2,1H3. The van der Waals surface area contributed by atoms with Crippen molar-refractivity contribution in [2.75, 3.05) is 32.6 Å². The number of ether oxygens (including phenoxy) is 2. The first-order valence-electron chi connectivity index (χ1n) is 5.88. The van der Waals surface area contributed by atoms with Crippen LogP contribution < -0.4 is 9.46 Å². The quantitative estimate of drug-likeness (QED) is 0.693. The molecule has 0 unspecified atom stereocenters. The summed E-state index contributed by atoms with van der Waals surface area (Å²) in [6.45, 7) is 0.861. The average molecular weight is 291 g/mol. The number of benzene rings is 1. The summed E-state index contributed by atoms with van der Waals surface area (Å²) in [6, 6.07) is 5.58. The lowest BCUT2D eigenvalue weighted by Crippen LogP contribution is -2.30. The largest absolute Gasteiger partial charge is 0.494 e. The van der Waals surface area contributed by atoms with Gasteiger partial charge < -0.3 is 9.47 Å². The second-order valence-corrected chi connectivity index (χ2v) is 5.79. The van der Waals surface area contributed by atoms with Crippen molar-refractivity contribution in [2.45, 2.75) is 6.42 Å². The van der Waals surface area contributed by atoms with E-state index in [4.69, 9.17) is 9.47 Å². The van der Waals surface area contributed by atoms with E-state index in [1.54, 1.807) is 0 Å². The van der Waals surface area contributed by atoms with Crippen LogP contribution in [-0.2, 0) is 14.8 Å². The zero-order valence-electron chi connectivity index (χ0n) is 10.8. The number of hydrogen-bond acceptors (Lipinski definition) is 4. The number of hydrogen-bond donors (Lipinski definition) is 1. The highest BCUT2D eigenvalue weighted by molar-refractivity contribution is 7.89. The fourth-order valence-corrected chi connectivity index (χ4v) is 2.38. The van der Waals surface area contributed by atoms with Crippen molar-refractivity contribution in [3.05, 3.63) is 30.1 Å². The zero-order chi connectivity index (χ0) is 14.1. The molecule has 0 fully saturated rings. The highest BCUT2D eigenvalue weighted by Crippen LogP contribution is 2.11. The summed E-state index contributed by atoms with van der Waals surface area (Å²) in [5, 5.41) is 0. The van der Waals surface area contributed by atoms with E-state index in [-0.39, 0.29) is 24.7 Å². The van der Waals surface area contributed by atoms with Crippen molar-refractivity contribution in [1.29, 1.82) is 0 Å². The summed E-state index contributed by atoms with van der Waals surface area (Å²) in [6.07, 6.45) is 0.361. The van der Waals surface area contributed by atoms with E-state index < -0.39 is 10.0 Å². The van der Waals surface area contributed by atoms with E-state index >= 15 is 0 Å². The number of halogens is 1. The van der Waals surface area contributed by atoms with Gasteiger partial charge in [0.15, 0.2) is 0 Å². The molecule has 0 aliphatic heterocycles. The first-order chi connectivity index (χ1) is 9.03. The third-order valence-corrected chi connectivity index (χ3v) is 3.74. The van der Waals surface area contributed by atoms with E-state index in [1.807, 2.05) is 0 Å². The van der Waals surface area contributed by atoms with Crippen molar-refractivity contribution < 1.29 is 22.3 Å². The molecule has 1 rings (SSSR count). The lowest BCUT2D eigenvalue weighted by atomic mass is 10.3. The van der Waals surface area contributed by atoms with Gasteiger partial charge in [0.25, 0.3) is 0 Å². The first kappa shape index (κ1) is 15.9. The molecule has 0 bridgehead atoms. The van der Waals surface area contributed by atoms with E-state index in [1.165, 1.54) is 31.4 Å². The molecule has 5 nitrogen and oxygen atoms in total. The molecule has 0 aliphatic rings. The van der Waals surface area contributed by atoms with Gasteiger partial charge >= 0.3 is 0 Å². The van der Waals surface area contributed by atoms with Crippen LogP contribution in [0.3, 0.4) is 0 Å². The molecule has 0 saturated carbocycles. The highest BCUT2D eigenvalue weighted by Gasteiger charge is 2.08. The molecule has 1 aromatic carbocycles. The molecule has 0 atom stereocenters. The Morgan fingerprint density at radius 2 is 1.89 bits per heavy atom. The Hall–Kier alpha value is -1.18. The normalized spacial score (nSPS) is 11.5. The van der Waals surface area contributed by atoms with Gasteiger partial charge in [0, 0.05) is 13.7 Å². The molecule has 0 radical (unpaired) electrons. The Labute approximate surface area is 112 Å². The maximum absolute atomic E-state index is 12.6. The lowest BCUT2D eigenvalue weighted by Gasteiger charge is -2.07. The average Bonchev–Trinajstić information content (AvgIpc) is 2.37. The van der Waals surface area contributed by atoms with Crippen molar-refractivity contribution in [2.24, 2.45) is 0 Å². The third-order valence-electron chi connectivity index (χ3n) is 2.27. The monoisotopic (exact) mass is 291 g/mol. The fraction of sp³-hybridized carbons (Fsp3) is 0.500. The summed E-state index contributed by atoms with van der Waals surface area (Å²) in [4.78, 5) is 0. The second-order valence-electron chi connectivity index (χ2n) is 3.86. The van der Waals surface area contributed by atoms with E-state index in [2.05, 4.69) is 4.72 Å². The maximum atomic E-state index is 12.6. The van der Waals surface area contributed by atoms with Crippen LogP contribution >= 0.6 is 0 Å². The Morgan fingerprint density at radius 3 is 2.53 bits per heavy atom. The molecule has 0 aliphatic carbocycles. The van der Waals surface area contributed by atoms with Crippen LogP contribution in [0.15, 0.2) is 24.3 Å². The molecule has 19 heavy (non-hydrogen) atoms. The van der Waals surface area contributed by atoms with E-state index in [9.17, 15) is 12.8 Å². The predicted octanol–water partition coefficient (Wildman–Crippen LogP) is 1.16. The maximum Gasteiger partial charge on any atom is 0.211 e. The van der Waals surface area contributed by atoms with Gasteiger partial charge in [-0.3, -0.25) is 0 Å². The van der Waals surface area contributed by atoms with Crippen LogP contribution in [0.1, 0.15) is 6.42 Å². The molecule has 1 N–H and O–H groups in total. The molecule has 1 aromatic rings. The van der Waals surface area contributed by atoms with Gasteiger partial charge in [0.2, 0.25) is 10.0 Å². The fourth-order valence-electron chi connectivity index (χ4n) is 1.34. The van der Waals surface area contributed by atoms with Gasteiger partial charge in [-0.05, 0) is 30.7 Å². The zero-order valence-corrected chi connectivity index (χ0v) is 11.6. The molecular weight excluding hydrogens is 273 g/mol. The number of rotatable bonds is 9. The van der Waals surface area contributed by atoms with Crippen LogP contribution in [-0.4, -0.2) is 41.0 Å². The van der Waals surface area contributed by atoms with Crippen LogP contribution in [0, 0.1) is 5.82 Å². The number of sulfonamides is 1. The Bertz CT molecular complexity index is 461. The SMILES string of the molecule is COCCNS(=O)(=O)CCCOc1ccc(F)cc1. The molecule has 0 saturated heterocycles. The van der Waals surface area contributed by atoms with Gasteiger partial charge in [-0.2, -0.15) is 0 Å². The summed E-state index contributed by atoms with van der Waals surface area (Å²) >= 11 is 0. The van der Waals surface area contributed by atoms with Crippen molar-refractivity contribution >= 4 is 10.0 Å². The van der Waals surface area contributed by atoms with Crippen molar-refractivity contribution in [3.63, 3.8) is 0 Å². The van der Waals surface area contributed by atoms with Crippen molar-refractivity contribution in [1.82, 2.24) is 4.72 Å². The van der Waals surface area contributed by atoms with Crippen LogP contribution in [0.5, 0.6) is 5.75 Å². The minimum atomic E-state index is -3.28. The predicted molar refractivity (Wildman–Crippen MR) is 70.2 cm³/mol. The third kappa shape index (κ3) is 7.09. The smallest absolute Gasteiger partial charge is 0.211 e. The minimum absolute atomic E-state index is 0.0160. The Balaban J connectivity index is 2.21. The van der Waals surface area contributed by atoms with Gasteiger partial charge in [0.1, 0.15) is 11.6 Å². The molecule has 7 heteroatoms.